The summed E-state index contributed by atoms with van der Waals surface area (Å²) in [5.41, 5.74) is 2.21. The lowest BCUT2D eigenvalue weighted by Crippen LogP contribution is -2.33. The monoisotopic (exact) mass is 270 g/mol. The quantitative estimate of drug-likeness (QED) is 0.837. The SMILES string of the molecule is CCC(=O)c1cccc2c1CCn1c-2cc(=O)[nH]c1=O. The van der Waals surface area contributed by atoms with Gasteiger partial charge in [0.15, 0.2) is 5.78 Å². The average Bonchev–Trinajstić information content (AvgIpc) is 2.45. The minimum Gasteiger partial charge on any atom is -0.294 e. The van der Waals surface area contributed by atoms with Gasteiger partial charge in [-0.05, 0) is 12.0 Å². The molecule has 0 amide bonds. The number of benzene rings is 1. The van der Waals surface area contributed by atoms with Crippen LogP contribution in [0.4, 0.5) is 0 Å². The third-order valence-electron chi connectivity index (χ3n) is 3.69. The van der Waals surface area contributed by atoms with Crippen LogP contribution in [0.3, 0.4) is 0 Å². The molecule has 0 bridgehead atoms. The molecule has 2 heterocycles. The highest BCUT2D eigenvalue weighted by Gasteiger charge is 2.21. The van der Waals surface area contributed by atoms with Gasteiger partial charge >= 0.3 is 5.69 Å². The topological polar surface area (TPSA) is 71.9 Å². The lowest BCUT2D eigenvalue weighted by atomic mass is 9.91. The molecule has 3 rings (SSSR count). The zero-order chi connectivity index (χ0) is 14.3. The predicted octanol–water partition coefficient (Wildman–Crippen LogP) is 1.35. The summed E-state index contributed by atoms with van der Waals surface area (Å²) in [5, 5.41) is 0. The summed E-state index contributed by atoms with van der Waals surface area (Å²) < 4.78 is 1.55. The van der Waals surface area contributed by atoms with Crippen LogP contribution < -0.4 is 11.2 Å². The molecule has 5 heteroatoms. The first-order valence-corrected chi connectivity index (χ1v) is 6.61. The minimum atomic E-state index is -0.415. The van der Waals surface area contributed by atoms with Crippen molar-refractivity contribution in [3.05, 3.63) is 56.2 Å². The number of nitrogens with zero attached hydrogens (tertiary/aromatic N) is 1. The number of aromatic amines is 1. The molecule has 20 heavy (non-hydrogen) atoms. The summed E-state index contributed by atoms with van der Waals surface area (Å²) in [4.78, 5) is 37.6. The van der Waals surface area contributed by atoms with Gasteiger partial charge in [0.1, 0.15) is 0 Å². The number of aromatic nitrogens is 2. The Morgan fingerprint density at radius 1 is 1.35 bits per heavy atom. The molecule has 1 aromatic heterocycles. The van der Waals surface area contributed by atoms with Gasteiger partial charge in [0.05, 0.1) is 5.69 Å². The van der Waals surface area contributed by atoms with Crippen LogP contribution in [-0.2, 0) is 13.0 Å². The van der Waals surface area contributed by atoms with Crippen molar-refractivity contribution in [1.82, 2.24) is 9.55 Å². The summed E-state index contributed by atoms with van der Waals surface area (Å²) in [6, 6.07) is 6.87. The highest BCUT2D eigenvalue weighted by Crippen LogP contribution is 2.30. The summed E-state index contributed by atoms with van der Waals surface area (Å²) in [5.74, 6) is 0.0856. The third-order valence-corrected chi connectivity index (χ3v) is 3.69. The van der Waals surface area contributed by atoms with E-state index in [4.69, 9.17) is 0 Å². The zero-order valence-electron chi connectivity index (χ0n) is 11.1. The molecule has 1 aliphatic heterocycles. The molecule has 1 N–H and O–H groups in total. The molecule has 5 nitrogen and oxygen atoms in total. The third kappa shape index (κ3) is 1.82. The second kappa shape index (κ2) is 4.59. The highest BCUT2D eigenvalue weighted by atomic mass is 16.2. The van der Waals surface area contributed by atoms with Crippen LogP contribution in [0.2, 0.25) is 0 Å². The average molecular weight is 270 g/mol. The largest absolute Gasteiger partial charge is 0.328 e. The Morgan fingerprint density at radius 3 is 2.90 bits per heavy atom. The first-order valence-electron chi connectivity index (χ1n) is 6.61. The summed E-state index contributed by atoms with van der Waals surface area (Å²) in [6.07, 6.45) is 1.06. The van der Waals surface area contributed by atoms with Crippen LogP contribution in [-0.4, -0.2) is 15.3 Å². The number of ketones is 1. The first-order chi connectivity index (χ1) is 9.61. The predicted molar refractivity (Wildman–Crippen MR) is 75.1 cm³/mol. The molecule has 0 aliphatic carbocycles. The molecule has 0 unspecified atom stereocenters. The molecule has 0 saturated carbocycles. The molecule has 1 aliphatic rings. The molecule has 2 aromatic rings. The Bertz CT molecular complexity index is 815. The molecule has 0 saturated heterocycles. The second-order valence-electron chi connectivity index (χ2n) is 4.83. The van der Waals surface area contributed by atoms with Crippen molar-refractivity contribution in [2.24, 2.45) is 0 Å². The van der Waals surface area contributed by atoms with Crippen molar-refractivity contribution in [1.29, 1.82) is 0 Å². The Hall–Kier alpha value is -2.43. The number of Topliss-reactive ketones (excluding diaryl/α,β-unsaturated/α-hetero) is 1. The van der Waals surface area contributed by atoms with E-state index in [1.54, 1.807) is 10.6 Å². The van der Waals surface area contributed by atoms with E-state index in [0.717, 1.165) is 11.1 Å². The number of hydrogen-bond donors (Lipinski definition) is 1. The smallest absolute Gasteiger partial charge is 0.294 e. The van der Waals surface area contributed by atoms with Gasteiger partial charge in [0.2, 0.25) is 0 Å². The number of nitrogens with one attached hydrogen (secondary N) is 1. The van der Waals surface area contributed by atoms with Crippen molar-refractivity contribution < 1.29 is 4.79 Å². The second-order valence-corrected chi connectivity index (χ2v) is 4.83. The van der Waals surface area contributed by atoms with E-state index in [-0.39, 0.29) is 5.78 Å². The van der Waals surface area contributed by atoms with E-state index in [2.05, 4.69) is 4.98 Å². The number of hydrogen-bond acceptors (Lipinski definition) is 3. The number of carbonyl (C=O) groups is 1. The molecule has 0 radical (unpaired) electrons. The fourth-order valence-corrected chi connectivity index (χ4v) is 2.74. The Balaban J connectivity index is 2.31. The Kier molecular flexibility index (Phi) is 2.89. The minimum absolute atomic E-state index is 0.0856. The number of H-pyrrole nitrogens is 1. The van der Waals surface area contributed by atoms with E-state index in [9.17, 15) is 14.4 Å². The lowest BCUT2D eigenvalue weighted by Gasteiger charge is -2.22. The van der Waals surface area contributed by atoms with Crippen LogP contribution >= 0.6 is 0 Å². The van der Waals surface area contributed by atoms with Crippen molar-refractivity contribution >= 4 is 5.78 Å². The number of carbonyl (C=O) groups excluding carboxylic acids is 1. The summed E-state index contributed by atoms with van der Waals surface area (Å²) in [7, 11) is 0. The van der Waals surface area contributed by atoms with Gasteiger partial charge < -0.3 is 0 Å². The van der Waals surface area contributed by atoms with Gasteiger partial charge in [-0.1, -0.05) is 25.1 Å². The van der Waals surface area contributed by atoms with E-state index in [1.807, 2.05) is 19.1 Å². The molecule has 0 atom stereocenters. The van der Waals surface area contributed by atoms with Crippen LogP contribution in [0.1, 0.15) is 29.3 Å². The van der Waals surface area contributed by atoms with E-state index < -0.39 is 11.2 Å². The Labute approximate surface area is 114 Å². The maximum Gasteiger partial charge on any atom is 0.328 e. The zero-order valence-corrected chi connectivity index (χ0v) is 11.1. The molecule has 0 spiro atoms. The van der Waals surface area contributed by atoms with Gasteiger partial charge in [-0.3, -0.25) is 19.1 Å². The van der Waals surface area contributed by atoms with Crippen molar-refractivity contribution in [3.8, 4) is 11.3 Å². The van der Waals surface area contributed by atoms with Gasteiger partial charge in [-0.15, -0.1) is 0 Å². The lowest BCUT2D eigenvalue weighted by molar-refractivity contribution is 0.0987. The fourth-order valence-electron chi connectivity index (χ4n) is 2.74. The highest BCUT2D eigenvalue weighted by molar-refractivity contribution is 5.99. The maximum atomic E-state index is 12.0. The van der Waals surface area contributed by atoms with Crippen LogP contribution in [0.5, 0.6) is 0 Å². The Morgan fingerprint density at radius 2 is 2.15 bits per heavy atom. The summed E-state index contributed by atoms with van der Waals surface area (Å²) in [6.45, 7) is 2.31. The molecular weight excluding hydrogens is 256 g/mol. The molecule has 0 fully saturated rings. The van der Waals surface area contributed by atoms with Gasteiger partial charge in [0.25, 0.3) is 5.56 Å². The molecular formula is C15H14N2O3. The van der Waals surface area contributed by atoms with Crippen LogP contribution in [0.25, 0.3) is 11.3 Å². The maximum absolute atomic E-state index is 12.0. The standard InChI is InChI=1S/C15H14N2O3/c1-2-13(18)11-5-3-4-10-9(11)6-7-17-12(10)8-14(19)16-15(17)20/h3-5,8H,2,6-7H2,1H3,(H,16,19,20). The molecule has 102 valence electrons. The van der Waals surface area contributed by atoms with Crippen LogP contribution in [0, 0.1) is 0 Å². The van der Waals surface area contributed by atoms with Crippen LogP contribution in [0.15, 0.2) is 33.9 Å². The summed E-state index contributed by atoms with van der Waals surface area (Å²) >= 11 is 0. The number of rotatable bonds is 2. The normalized spacial score (nSPS) is 12.7. The van der Waals surface area contributed by atoms with E-state index >= 15 is 0 Å². The van der Waals surface area contributed by atoms with Gasteiger partial charge in [-0.25, -0.2) is 4.79 Å². The van der Waals surface area contributed by atoms with E-state index in [1.165, 1.54) is 6.07 Å². The van der Waals surface area contributed by atoms with E-state index in [0.29, 0.717) is 30.6 Å². The van der Waals surface area contributed by atoms with Crippen molar-refractivity contribution in [3.63, 3.8) is 0 Å². The fraction of sp³-hybridized carbons (Fsp3) is 0.267. The van der Waals surface area contributed by atoms with Gasteiger partial charge in [0, 0.05) is 30.2 Å². The molecule has 1 aromatic carbocycles. The van der Waals surface area contributed by atoms with Crippen molar-refractivity contribution in [2.45, 2.75) is 26.3 Å². The van der Waals surface area contributed by atoms with Crippen molar-refractivity contribution in [2.75, 3.05) is 0 Å². The first kappa shape index (κ1) is 12.6. The van der Waals surface area contributed by atoms with Gasteiger partial charge in [-0.2, -0.15) is 0 Å². The number of fused-ring (bicyclic) bond motifs is 3.